The highest BCUT2D eigenvalue weighted by atomic mass is 16.1. The van der Waals surface area contributed by atoms with Crippen LogP contribution in [0.2, 0.25) is 0 Å². The van der Waals surface area contributed by atoms with Gasteiger partial charge in [-0.25, -0.2) is 0 Å². The summed E-state index contributed by atoms with van der Waals surface area (Å²) in [6.45, 7) is 3.91. The highest BCUT2D eigenvalue weighted by Crippen LogP contribution is 2.22. The third-order valence-corrected chi connectivity index (χ3v) is 2.91. The molecule has 0 radical (unpaired) electrons. The van der Waals surface area contributed by atoms with Crippen molar-refractivity contribution >= 4 is 6.29 Å². The van der Waals surface area contributed by atoms with Crippen LogP contribution in [0.3, 0.4) is 0 Å². The fourth-order valence-corrected chi connectivity index (χ4v) is 2.25. The second-order valence-electron chi connectivity index (χ2n) is 3.95. The van der Waals surface area contributed by atoms with Gasteiger partial charge >= 0.3 is 0 Å². The smallest absolute Gasteiger partial charge is 0.133 e. The van der Waals surface area contributed by atoms with E-state index in [1.807, 2.05) is 0 Å². The molecular formula is C11H21NO. The second-order valence-corrected chi connectivity index (χ2v) is 3.95. The van der Waals surface area contributed by atoms with Crippen LogP contribution in [0.4, 0.5) is 0 Å². The molecule has 1 aliphatic rings. The molecule has 1 saturated carbocycles. The van der Waals surface area contributed by atoms with Gasteiger partial charge in [0.2, 0.25) is 0 Å². The number of carbonyl (C=O) groups is 1. The van der Waals surface area contributed by atoms with E-state index in [2.05, 4.69) is 11.8 Å². The Kier molecular flexibility index (Phi) is 5.06. The molecule has 0 aliphatic heterocycles. The Balaban J connectivity index is 2.36. The molecule has 0 bridgehead atoms. The van der Waals surface area contributed by atoms with Gasteiger partial charge in [0.1, 0.15) is 6.29 Å². The molecule has 0 aromatic rings. The summed E-state index contributed by atoms with van der Waals surface area (Å²) < 4.78 is 0. The average Bonchev–Trinajstić information content (AvgIpc) is 2.19. The van der Waals surface area contributed by atoms with Gasteiger partial charge in [0, 0.05) is 6.04 Å². The lowest BCUT2D eigenvalue weighted by molar-refractivity contribution is -0.109. The Bertz CT molecular complexity index is 141. The van der Waals surface area contributed by atoms with Gasteiger partial charge in [0.05, 0.1) is 6.54 Å². The van der Waals surface area contributed by atoms with Gasteiger partial charge in [0.25, 0.3) is 0 Å². The maximum Gasteiger partial charge on any atom is 0.133 e. The minimum Gasteiger partial charge on any atom is -0.302 e. The quantitative estimate of drug-likeness (QED) is 0.609. The van der Waals surface area contributed by atoms with Crippen molar-refractivity contribution in [3.8, 4) is 0 Å². The van der Waals surface area contributed by atoms with E-state index in [4.69, 9.17) is 0 Å². The summed E-state index contributed by atoms with van der Waals surface area (Å²) in [5.41, 5.74) is 0. The molecule has 13 heavy (non-hydrogen) atoms. The van der Waals surface area contributed by atoms with Gasteiger partial charge in [-0.3, -0.25) is 4.90 Å². The van der Waals surface area contributed by atoms with Crippen LogP contribution in [0.1, 0.15) is 45.4 Å². The summed E-state index contributed by atoms with van der Waals surface area (Å²) in [6, 6.07) is 0.693. The van der Waals surface area contributed by atoms with Crippen molar-refractivity contribution in [2.75, 3.05) is 13.1 Å². The summed E-state index contributed by atoms with van der Waals surface area (Å²) in [5.74, 6) is 0. The molecule has 0 N–H and O–H groups in total. The molecular weight excluding hydrogens is 162 g/mol. The number of rotatable bonds is 5. The maximum absolute atomic E-state index is 10.5. The highest BCUT2D eigenvalue weighted by Gasteiger charge is 2.19. The topological polar surface area (TPSA) is 20.3 Å². The summed E-state index contributed by atoms with van der Waals surface area (Å²) >= 11 is 0. The summed E-state index contributed by atoms with van der Waals surface area (Å²) in [7, 11) is 0. The molecule has 0 unspecified atom stereocenters. The molecule has 0 aromatic carbocycles. The van der Waals surface area contributed by atoms with E-state index < -0.39 is 0 Å². The van der Waals surface area contributed by atoms with E-state index in [1.165, 1.54) is 32.1 Å². The third-order valence-electron chi connectivity index (χ3n) is 2.91. The Morgan fingerprint density at radius 3 is 2.54 bits per heavy atom. The van der Waals surface area contributed by atoms with Crippen molar-refractivity contribution in [1.82, 2.24) is 4.90 Å². The van der Waals surface area contributed by atoms with Crippen LogP contribution in [0.5, 0.6) is 0 Å². The molecule has 0 heterocycles. The first-order valence-corrected chi connectivity index (χ1v) is 5.56. The van der Waals surface area contributed by atoms with E-state index in [0.717, 1.165) is 19.3 Å². The first-order chi connectivity index (χ1) is 6.38. The summed E-state index contributed by atoms with van der Waals surface area (Å²) in [6.07, 6.45) is 8.89. The lowest BCUT2D eigenvalue weighted by Crippen LogP contribution is -2.38. The van der Waals surface area contributed by atoms with E-state index in [9.17, 15) is 4.79 Å². The number of hydrogen-bond acceptors (Lipinski definition) is 2. The molecule has 76 valence electrons. The van der Waals surface area contributed by atoms with Crippen LogP contribution >= 0.6 is 0 Å². The van der Waals surface area contributed by atoms with E-state index in [-0.39, 0.29) is 0 Å². The van der Waals surface area contributed by atoms with Crippen molar-refractivity contribution in [2.24, 2.45) is 0 Å². The first-order valence-electron chi connectivity index (χ1n) is 5.56. The predicted molar refractivity (Wildman–Crippen MR) is 54.8 cm³/mol. The lowest BCUT2D eigenvalue weighted by atomic mass is 9.94. The molecule has 0 saturated heterocycles. The van der Waals surface area contributed by atoms with Gasteiger partial charge in [-0.2, -0.15) is 0 Å². The van der Waals surface area contributed by atoms with Crippen LogP contribution in [-0.4, -0.2) is 30.3 Å². The van der Waals surface area contributed by atoms with Gasteiger partial charge < -0.3 is 4.79 Å². The molecule has 0 atom stereocenters. The maximum atomic E-state index is 10.5. The number of nitrogens with zero attached hydrogens (tertiary/aromatic N) is 1. The predicted octanol–water partition coefficient (Wildman–Crippen LogP) is 2.23. The highest BCUT2D eigenvalue weighted by molar-refractivity contribution is 5.52. The van der Waals surface area contributed by atoms with Crippen LogP contribution in [0.25, 0.3) is 0 Å². The lowest BCUT2D eigenvalue weighted by Gasteiger charge is -2.32. The van der Waals surface area contributed by atoms with Gasteiger partial charge in [-0.15, -0.1) is 0 Å². The molecule has 0 amide bonds. The zero-order chi connectivity index (χ0) is 9.52. The first kappa shape index (κ1) is 10.7. The minimum absolute atomic E-state index is 0.637. The fourth-order valence-electron chi connectivity index (χ4n) is 2.25. The van der Waals surface area contributed by atoms with E-state index in [1.54, 1.807) is 0 Å². The largest absolute Gasteiger partial charge is 0.302 e. The van der Waals surface area contributed by atoms with E-state index >= 15 is 0 Å². The van der Waals surface area contributed by atoms with Crippen molar-refractivity contribution in [3.63, 3.8) is 0 Å². The van der Waals surface area contributed by atoms with Crippen LogP contribution < -0.4 is 0 Å². The second kappa shape index (κ2) is 6.14. The Hall–Kier alpha value is -0.370. The summed E-state index contributed by atoms with van der Waals surface area (Å²) in [5, 5.41) is 0. The number of hydrogen-bond donors (Lipinski definition) is 0. The van der Waals surface area contributed by atoms with E-state index in [0.29, 0.717) is 12.6 Å². The van der Waals surface area contributed by atoms with Crippen LogP contribution in [0.15, 0.2) is 0 Å². The molecule has 1 aliphatic carbocycles. The minimum atomic E-state index is 0.637. The summed E-state index contributed by atoms with van der Waals surface area (Å²) in [4.78, 5) is 12.8. The number of aldehydes is 1. The Morgan fingerprint density at radius 1 is 1.31 bits per heavy atom. The van der Waals surface area contributed by atoms with Crippen LogP contribution in [-0.2, 0) is 4.79 Å². The Morgan fingerprint density at radius 2 is 2.00 bits per heavy atom. The van der Waals surface area contributed by atoms with Crippen molar-refractivity contribution in [2.45, 2.75) is 51.5 Å². The Labute approximate surface area is 81.3 Å². The average molecular weight is 183 g/mol. The molecule has 1 rings (SSSR count). The zero-order valence-corrected chi connectivity index (χ0v) is 8.67. The van der Waals surface area contributed by atoms with Gasteiger partial charge in [-0.05, 0) is 25.8 Å². The third kappa shape index (κ3) is 3.47. The number of carbonyl (C=O) groups excluding carboxylic acids is 1. The van der Waals surface area contributed by atoms with Gasteiger partial charge in [-0.1, -0.05) is 26.2 Å². The molecule has 0 spiro atoms. The standard InChI is InChI=1S/C11H21NO/c1-2-8-12(9-10-13)11-6-4-3-5-7-11/h10-11H,2-9H2,1H3. The van der Waals surface area contributed by atoms with Crippen molar-refractivity contribution in [3.05, 3.63) is 0 Å². The molecule has 2 heteroatoms. The zero-order valence-electron chi connectivity index (χ0n) is 8.67. The monoisotopic (exact) mass is 183 g/mol. The molecule has 0 aromatic heterocycles. The SMILES string of the molecule is CCCN(CC=O)C1CCCCC1. The fraction of sp³-hybridized carbons (Fsp3) is 0.909. The normalized spacial score (nSPS) is 19.2. The molecule has 2 nitrogen and oxygen atoms in total. The van der Waals surface area contributed by atoms with Crippen LogP contribution in [0, 0.1) is 0 Å². The van der Waals surface area contributed by atoms with Crippen molar-refractivity contribution < 1.29 is 4.79 Å². The van der Waals surface area contributed by atoms with Gasteiger partial charge in [0.15, 0.2) is 0 Å². The molecule has 1 fully saturated rings. The van der Waals surface area contributed by atoms with Crippen molar-refractivity contribution in [1.29, 1.82) is 0 Å².